The summed E-state index contributed by atoms with van der Waals surface area (Å²) < 4.78 is 0. The van der Waals surface area contributed by atoms with Gasteiger partial charge in [0, 0.05) is 0 Å². The number of rotatable bonds is 2. The number of aliphatic hydroxyl groups excluding tert-OH is 1. The van der Waals surface area contributed by atoms with E-state index in [0.717, 1.165) is 0 Å². The lowest BCUT2D eigenvalue weighted by Crippen LogP contribution is -2.34. The van der Waals surface area contributed by atoms with Crippen molar-refractivity contribution in [3.8, 4) is 0 Å². The van der Waals surface area contributed by atoms with Gasteiger partial charge in [-0.1, -0.05) is 12.2 Å². The summed E-state index contributed by atoms with van der Waals surface area (Å²) in [6, 6.07) is 0. The van der Waals surface area contributed by atoms with Crippen LogP contribution in [0.5, 0.6) is 0 Å². The number of carboxylic acids is 1. The van der Waals surface area contributed by atoms with Crippen molar-refractivity contribution in [2.45, 2.75) is 12.5 Å². The van der Waals surface area contributed by atoms with Crippen LogP contribution in [-0.4, -0.2) is 28.8 Å². The molecule has 0 radical (unpaired) electrons. The third-order valence-electron chi connectivity index (χ3n) is 2.23. The standard InChI is InChI=1S/C10H13NO3/c1-10(11-2)5-3-7(9(13)14)8(12)4-6-10/h3-6,11-12H,1-2H3,(H,13,14)/t10-/m1/s1. The zero-order valence-electron chi connectivity index (χ0n) is 8.11. The Morgan fingerprint density at radius 2 is 2.00 bits per heavy atom. The van der Waals surface area contributed by atoms with Crippen molar-refractivity contribution >= 4 is 5.97 Å². The van der Waals surface area contributed by atoms with Gasteiger partial charge in [-0.25, -0.2) is 4.79 Å². The Kier molecular flexibility index (Phi) is 2.76. The van der Waals surface area contributed by atoms with Gasteiger partial charge in [0.15, 0.2) is 0 Å². The largest absolute Gasteiger partial charge is 0.507 e. The predicted octanol–water partition coefficient (Wildman–Crippen LogP) is 0.987. The van der Waals surface area contributed by atoms with Crippen LogP contribution in [0.25, 0.3) is 0 Å². The zero-order chi connectivity index (χ0) is 10.8. The Bertz CT molecular complexity index is 341. The maximum absolute atomic E-state index is 10.7. The maximum atomic E-state index is 10.7. The molecule has 14 heavy (non-hydrogen) atoms. The maximum Gasteiger partial charge on any atom is 0.339 e. The molecule has 0 fully saturated rings. The lowest BCUT2D eigenvalue weighted by atomic mass is 10.0. The number of allylic oxidation sites excluding steroid dienone is 1. The molecule has 0 aromatic rings. The first-order valence-corrected chi connectivity index (χ1v) is 4.22. The fourth-order valence-corrected chi connectivity index (χ4v) is 1.09. The van der Waals surface area contributed by atoms with E-state index in [9.17, 15) is 9.90 Å². The Labute approximate surface area is 82.2 Å². The summed E-state index contributed by atoms with van der Waals surface area (Å²) in [5, 5.41) is 21.1. The average Bonchev–Trinajstić information content (AvgIpc) is 2.28. The highest BCUT2D eigenvalue weighted by Crippen LogP contribution is 2.17. The van der Waals surface area contributed by atoms with Gasteiger partial charge in [-0.3, -0.25) is 0 Å². The number of nitrogens with one attached hydrogen (secondary N) is 1. The van der Waals surface area contributed by atoms with Crippen LogP contribution in [0, 0.1) is 0 Å². The normalized spacial score (nSPS) is 26.4. The smallest absolute Gasteiger partial charge is 0.339 e. The molecule has 4 nitrogen and oxygen atoms in total. The van der Waals surface area contributed by atoms with E-state index >= 15 is 0 Å². The van der Waals surface area contributed by atoms with Crippen LogP contribution in [0.1, 0.15) is 6.92 Å². The number of aliphatic carboxylic acids is 1. The lowest BCUT2D eigenvalue weighted by molar-refractivity contribution is -0.132. The highest BCUT2D eigenvalue weighted by Gasteiger charge is 2.19. The van der Waals surface area contributed by atoms with Crippen LogP contribution >= 0.6 is 0 Å². The molecule has 1 aliphatic carbocycles. The van der Waals surface area contributed by atoms with E-state index < -0.39 is 11.5 Å². The van der Waals surface area contributed by atoms with Crippen molar-refractivity contribution in [1.29, 1.82) is 0 Å². The van der Waals surface area contributed by atoms with Gasteiger partial charge in [0.05, 0.1) is 5.54 Å². The van der Waals surface area contributed by atoms with E-state index in [2.05, 4.69) is 5.32 Å². The van der Waals surface area contributed by atoms with E-state index in [1.54, 1.807) is 19.2 Å². The summed E-state index contributed by atoms with van der Waals surface area (Å²) in [5.41, 5.74) is -0.522. The van der Waals surface area contributed by atoms with Crippen molar-refractivity contribution in [2.24, 2.45) is 0 Å². The number of aliphatic hydroxyl groups is 1. The van der Waals surface area contributed by atoms with Crippen LogP contribution in [0.4, 0.5) is 0 Å². The van der Waals surface area contributed by atoms with Gasteiger partial charge in [-0.15, -0.1) is 0 Å². The molecule has 0 aromatic heterocycles. The summed E-state index contributed by atoms with van der Waals surface area (Å²) in [4.78, 5) is 10.7. The monoisotopic (exact) mass is 195 g/mol. The first-order chi connectivity index (χ1) is 6.48. The molecule has 3 N–H and O–H groups in total. The number of hydrogen-bond acceptors (Lipinski definition) is 3. The minimum absolute atomic E-state index is 0.0970. The molecule has 0 saturated carbocycles. The third-order valence-corrected chi connectivity index (χ3v) is 2.23. The van der Waals surface area contributed by atoms with Gasteiger partial charge < -0.3 is 15.5 Å². The predicted molar refractivity (Wildman–Crippen MR) is 53.0 cm³/mol. The van der Waals surface area contributed by atoms with Gasteiger partial charge in [0.2, 0.25) is 0 Å². The van der Waals surface area contributed by atoms with Gasteiger partial charge in [-0.05, 0) is 26.1 Å². The summed E-state index contributed by atoms with van der Waals surface area (Å²) in [6.45, 7) is 1.87. The Hall–Kier alpha value is -1.55. The minimum atomic E-state index is -1.14. The SMILES string of the molecule is CN[C@@]1(C)C=CC(O)=C(C(=O)O)C=C1. The zero-order valence-corrected chi connectivity index (χ0v) is 8.11. The number of carboxylic acid groups (broad SMARTS) is 1. The van der Waals surface area contributed by atoms with Crippen LogP contribution in [0.15, 0.2) is 35.6 Å². The van der Waals surface area contributed by atoms with Crippen LogP contribution in [0.2, 0.25) is 0 Å². The van der Waals surface area contributed by atoms with Crippen LogP contribution in [-0.2, 0) is 4.79 Å². The molecule has 0 aliphatic heterocycles. The molecule has 0 spiro atoms. The average molecular weight is 195 g/mol. The van der Waals surface area contributed by atoms with Crippen molar-refractivity contribution in [2.75, 3.05) is 7.05 Å². The molecular weight excluding hydrogens is 182 g/mol. The second-order valence-electron chi connectivity index (χ2n) is 3.30. The molecule has 0 saturated heterocycles. The van der Waals surface area contributed by atoms with E-state index in [1.165, 1.54) is 12.2 Å². The van der Waals surface area contributed by atoms with Crippen molar-refractivity contribution < 1.29 is 15.0 Å². The lowest BCUT2D eigenvalue weighted by Gasteiger charge is -2.19. The Morgan fingerprint density at radius 1 is 1.43 bits per heavy atom. The fraction of sp³-hybridized carbons (Fsp3) is 0.300. The molecule has 1 atom stereocenters. The van der Waals surface area contributed by atoms with Crippen molar-refractivity contribution in [3.05, 3.63) is 35.6 Å². The molecule has 1 aliphatic rings. The summed E-state index contributed by atoms with van der Waals surface area (Å²) in [6.07, 6.45) is 6.18. The number of hydrogen-bond donors (Lipinski definition) is 3. The van der Waals surface area contributed by atoms with E-state index in [4.69, 9.17) is 5.11 Å². The van der Waals surface area contributed by atoms with Crippen molar-refractivity contribution in [3.63, 3.8) is 0 Å². The molecule has 0 bridgehead atoms. The first-order valence-electron chi connectivity index (χ1n) is 4.22. The second kappa shape index (κ2) is 3.67. The highest BCUT2D eigenvalue weighted by atomic mass is 16.4. The number of carbonyl (C=O) groups is 1. The molecule has 1 rings (SSSR count). The molecule has 4 heteroatoms. The van der Waals surface area contributed by atoms with Gasteiger partial charge >= 0.3 is 5.97 Å². The molecular formula is C10H13NO3. The quantitative estimate of drug-likeness (QED) is 0.614. The fourth-order valence-electron chi connectivity index (χ4n) is 1.09. The molecule has 0 aromatic carbocycles. The molecule has 0 unspecified atom stereocenters. The van der Waals surface area contributed by atoms with E-state index in [1.807, 2.05) is 6.92 Å². The molecule has 0 amide bonds. The van der Waals surface area contributed by atoms with Crippen molar-refractivity contribution in [1.82, 2.24) is 5.32 Å². The van der Waals surface area contributed by atoms with Gasteiger partial charge in [0.25, 0.3) is 0 Å². The van der Waals surface area contributed by atoms with Crippen LogP contribution in [0.3, 0.4) is 0 Å². The van der Waals surface area contributed by atoms with E-state index in [0.29, 0.717) is 0 Å². The Morgan fingerprint density at radius 3 is 2.50 bits per heavy atom. The summed E-state index contributed by atoms with van der Waals surface area (Å²) >= 11 is 0. The number of likely N-dealkylation sites (N-methyl/N-ethyl adjacent to an activating group) is 1. The first kappa shape index (κ1) is 10.5. The van der Waals surface area contributed by atoms with Gasteiger partial charge in [-0.2, -0.15) is 0 Å². The van der Waals surface area contributed by atoms with Gasteiger partial charge in [0.1, 0.15) is 11.3 Å². The highest BCUT2D eigenvalue weighted by molar-refractivity contribution is 5.91. The van der Waals surface area contributed by atoms with E-state index in [-0.39, 0.29) is 11.3 Å². The van der Waals surface area contributed by atoms with Crippen LogP contribution < -0.4 is 5.32 Å². The minimum Gasteiger partial charge on any atom is -0.507 e. The summed E-state index contributed by atoms with van der Waals surface area (Å²) in [7, 11) is 1.76. The summed E-state index contributed by atoms with van der Waals surface area (Å²) in [5.74, 6) is -1.36. The second-order valence-corrected chi connectivity index (χ2v) is 3.30. The Balaban J connectivity index is 3.10. The molecule has 0 heterocycles. The third kappa shape index (κ3) is 2.03. The topological polar surface area (TPSA) is 69.6 Å². The molecule has 76 valence electrons.